The van der Waals surface area contributed by atoms with E-state index in [1.165, 1.54) is 4.90 Å². The number of benzene rings is 2. The van der Waals surface area contributed by atoms with Crippen LogP contribution in [0.3, 0.4) is 0 Å². The van der Waals surface area contributed by atoms with Gasteiger partial charge >= 0.3 is 0 Å². The van der Waals surface area contributed by atoms with Gasteiger partial charge in [0.05, 0.1) is 17.7 Å². The normalized spacial score (nSPS) is 22.2. The van der Waals surface area contributed by atoms with Crippen LogP contribution in [0.15, 0.2) is 47.5 Å². The Morgan fingerprint density at radius 3 is 1.80 bits per heavy atom. The van der Waals surface area contributed by atoms with Crippen LogP contribution in [0.4, 0.5) is 0 Å². The smallest absolute Gasteiger partial charge is 0.231 e. The summed E-state index contributed by atoms with van der Waals surface area (Å²) in [7, 11) is 0. The lowest BCUT2D eigenvalue weighted by Gasteiger charge is -2.26. The Morgan fingerprint density at radius 1 is 0.800 bits per heavy atom. The highest BCUT2D eigenvalue weighted by molar-refractivity contribution is 6.14. The Bertz CT molecular complexity index is 976. The van der Waals surface area contributed by atoms with Gasteiger partial charge in [-0.25, -0.2) is 0 Å². The second-order valence-electron chi connectivity index (χ2n) is 7.75. The van der Waals surface area contributed by atoms with Crippen LogP contribution in [0.25, 0.3) is 12.2 Å². The maximum absolute atomic E-state index is 13.3. The van der Waals surface area contributed by atoms with E-state index in [4.69, 9.17) is 18.9 Å². The number of rotatable bonds is 4. The molecule has 30 heavy (non-hydrogen) atoms. The summed E-state index contributed by atoms with van der Waals surface area (Å²) in [5.41, 5.74) is 3.52. The minimum atomic E-state index is 0.102. The number of ether oxygens (including phenoxy) is 4. The highest BCUT2D eigenvalue weighted by Gasteiger charge is 2.29. The molecule has 0 saturated carbocycles. The summed E-state index contributed by atoms with van der Waals surface area (Å²) in [5.74, 6) is 3.04. The van der Waals surface area contributed by atoms with Crippen molar-refractivity contribution >= 4 is 17.9 Å². The molecule has 2 aromatic rings. The molecule has 0 aromatic heterocycles. The quantitative estimate of drug-likeness (QED) is 0.791. The maximum Gasteiger partial charge on any atom is 0.231 e. The van der Waals surface area contributed by atoms with Crippen molar-refractivity contribution in [1.82, 2.24) is 0 Å². The number of likely N-dealkylation sites (tertiary alicyclic amines) is 1. The number of hydrogen-bond acceptors (Lipinski definition) is 5. The van der Waals surface area contributed by atoms with Crippen LogP contribution in [0, 0.1) is 0 Å². The number of hydrogen-bond donors (Lipinski definition) is 1. The number of ketones is 1. The van der Waals surface area contributed by atoms with Gasteiger partial charge in [0.2, 0.25) is 13.6 Å². The second-order valence-corrected chi connectivity index (χ2v) is 7.75. The van der Waals surface area contributed by atoms with Crippen LogP contribution < -0.4 is 23.8 Å². The molecular weight excluding hydrogens is 382 g/mol. The van der Waals surface area contributed by atoms with Gasteiger partial charge in [0.25, 0.3) is 0 Å². The molecule has 1 saturated heterocycles. The number of piperidine rings is 1. The molecule has 5 rings (SSSR count). The molecule has 1 fully saturated rings. The van der Waals surface area contributed by atoms with E-state index in [0.29, 0.717) is 0 Å². The highest BCUT2D eigenvalue weighted by atomic mass is 16.7. The zero-order valence-electron chi connectivity index (χ0n) is 16.9. The first-order chi connectivity index (χ1) is 14.7. The molecule has 3 heterocycles. The molecule has 3 aliphatic heterocycles. The van der Waals surface area contributed by atoms with E-state index in [0.717, 1.165) is 71.3 Å². The van der Waals surface area contributed by atoms with Crippen LogP contribution in [-0.2, 0) is 4.79 Å². The first-order valence-corrected chi connectivity index (χ1v) is 10.3. The van der Waals surface area contributed by atoms with Gasteiger partial charge in [0, 0.05) is 0 Å². The minimum absolute atomic E-state index is 0.102. The fourth-order valence-corrected chi connectivity index (χ4v) is 4.14. The van der Waals surface area contributed by atoms with Crippen LogP contribution in [0.2, 0.25) is 0 Å². The Morgan fingerprint density at radius 2 is 1.30 bits per heavy atom. The van der Waals surface area contributed by atoms with E-state index in [2.05, 4.69) is 6.92 Å². The molecule has 3 aliphatic rings. The summed E-state index contributed by atoms with van der Waals surface area (Å²) in [4.78, 5) is 14.7. The molecule has 6 nitrogen and oxygen atoms in total. The SMILES string of the molecule is CCC[NH+]1C/C(=C/c2ccc3c(c2)OCO3)C(=O)/C(=C/c2ccc3c(c2)OCO3)C1. The van der Waals surface area contributed by atoms with Gasteiger partial charge < -0.3 is 23.8 Å². The second kappa shape index (κ2) is 7.88. The molecule has 0 amide bonds. The number of Topliss-reactive ketones (excluding diaryl/α,β-unsaturated/α-hetero) is 1. The van der Waals surface area contributed by atoms with Crippen molar-refractivity contribution in [1.29, 1.82) is 0 Å². The highest BCUT2D eigenvalue weighted by Crippen LogP contribution is 2.34. The Labute approximate surface area is 175 Å². The van der Waals surface area contributed by atoms with Crippen molar-refractivity contribution < 1.29 is 28.6 Å². The zero-order valence-corrected chi connectivity index (χ0v) is 16.9. The van der Waals surface area contributed by atoms with E-state index in [9.17, 15) is 4.79 Å². The summed E-state index contributed by atoms with van der Waals surface area (Å²) < 4.78 is 21.7. The first-order valence-electron chi connectivity index (χ1n) is 10.3. The van der Waals surface area contributed by atoms with E-state index in [1.807, 2.05) is 48.6 Å². The number of fused-ring (bicyclic) bond motifs is 2. The van der Waals surface area contributed by atoms with Crippen molar-refractivity contribution in [2.24, 2.45) is 0 Å². The lowest BCUT2D eigenvalue weighted by molar-refractivity contribution is -0.891. The fourth-order valence-electron chi connectivity index (χ4n) is 4.14. The molecule has 6 heteroatoms. The monoisotopic (exact) mass is 406 g/mol. The summed E-state index contributed by atoms with van der Waals surface area (Å²) in [6.45, 7) is 5.12. The fraction of sp³-hybridized carbons (Fsp3) is 0.292. The van der Waals surface area contributed by atoms with Crippen LogP contribution in [0.5, 0.6) is 23.0 Å². The Hall–Kier alpha value is -3.25. The number of carbonyl (C=O) groups is 1. The van der Waals surface area contributed by atoms with Crippen molar-refractivity contribution in [2.45, 2.75) is 13.3 Å². The van der Waals surface area contributed by atoms with E-state index >= 15 is 0 Å². The van der Waals surface area contributed by atoms with Gasteiger partial charge in [-0.15, -0.1) is 0 Å². The molecule has 0 spiro atoms. The molecule has 2 aromatic carbocycles. The molecule has 0 aliphatic carbocycles. The standard InChI is InChI=1S/C24H23NO5/c1-2-7-25-12-18(8-16-3-5-20-22(10-16)29-14-27-20)24(26)19(13-25)9-17-4-6-21-23(11-17)30-15-28-21/h3-6,8-11H,2,7,12-15H2,1H3/p+1/b18-8-,19-9+. The van der Waals surface area contributed by atoms with Gasteiger partial charge in [-0.05, 0) is 54.0 Å². The lowest BCUT2D eigenvalue weighted by Crippen LogP contribution is -3.13. The van der Waals surface area contributed by atoms with Crippen molar-refractivity contribution in [2.75, 3.05) is 33.2 Å². The predicted octanol–water partition coefficient (Wildman–Crippen LogP) is 2.49. The third kappa shape index (κ3) is 3.66. The lowest BCUT2D eigenvalue weighted by atomic mass is 9.94. The van der Waals surface area contributed by atoms with Gasteiger partial charge in [-0.3, -0.25) is 4.79 Å². The first kappa shape index (κ1) is 18.8. The summed E-state index contributed by atoms with van der Waals surface area (Å²) in [6, 6.07) is 11.6. The van der Waals surface area contributed by atoms with Crippen LogP contribution >= 0.6 is 0 Å². The van der Waals surface area contributed by atoms with E-state index < -0.39 is 0 Å². The summed E-state index contributed by atoms with van der Waals surface area (Å²) in [5, 5.41) is 0. The summed E-state index contributed by atoms with van der Waals surface area (Å²) in [6.07, 6.45) is 5.03. The Balaban J connectivity index is 1.46. The minimum Gasteiger partial charge on any atom is -0.454 e. The maximum atomic E-state index is 13.3. The van der Waals surface area contributed by atoms with Crippen molar-refractivity contribution in [3.8, 4) is 23.0 Å². The van der Waals surface area contributed by atoms with Gasteiger partial charge in [0.15, 0.2) is 28.8 Å². The summed E-state index contributed by atoms with van der Waals surface area (Å²) >= 11 is 0. The molecule has 0 radical (unpaired) electrons. The van der Waals surface area contributed by atoms with E-state index in [1.54, 1.807) is 0 Å². The molecule has 1 N–H and O–H groups in total. The van der Waals surface area contributed by atoms with Gasteiger partial charge in [-0.1, -0.05) is 19.1 Å². The molecular formula is C24H24NO5+. The molecule has 154 valence electrons. The average molecular weight is 406 g/mol. The van der Waals surface area contributed by atoms with Crippen molar-refractivity contribution in [3.05, 3.63) is 58.7 Å². The zero-order chi connectivity index (χ0) is 20.5. The third-order valence-corrected chi connectivity index (χ3v) is 5.54. The van der Waals surface area contributed by atoms with Crippen LogP contribution in [-0.4, -0.2) is 39.0 Å². The third-order valence-electron chi connectivity index (χ3n) is 5.54. The Kier molecular flexibility index (Phi) is 4.93. The van der Waals surface area contributed by atoms with Gasteiger partial charge in [-0.2, -0.15) is 0 Å². The average Bonchev–Trinajstić information content (AvgIpc) is 3.40. The van der Waals surface area contributed by atoms with Crippen LogP contribution in [0.1, 0.15) is 24.5 Å². The number of nitrogens with one attached hydrogen (secondary N) is 1. The molecule has 1 atom stereocenters. The van der Waals surface area contributed by atoms with E-state index in [-0.39, 0.29) is 19.4 Å². The molecule has 0 bridgehead atoms. The number of quaternary nitrogens is 1. The predicted molar refractivity (Wildman–Crippen MR) is 112 cm³/mol. The van der Waals surface area contributed by atoms with Crippen molar-refractivity contribution in [3.63, 3.8) is 0 Å². The molecule has 1 unspecified atom stereocenters. The number of carbonyl (C=O) groups excluding carboxylic acids is 1. The topological polar surface area (TPSA) is 58.4 Å². The largest absolute Gasteiger partial charge is 0.454 e. The van der Waals surface area contributed by atoms with Gasteiger partial charge in [0.1, 0.15) is 13.1 Å².